The molecule has 1 aromatic heterocycles. The highest BCUT2D eigenvalue weighted by atomic mass is 16.1. The summed E-state index contributed by atoms with van der Waals surface area (Å²) < 4.78 is 1.58. The van der Waals surface area contributed by atoms with E-state index in [9.17, 15) is 9.59 Å². The predicted octanol–water partition coefficient (Wildman–Crippen LogP) is 2.18. The molecular weight excluding hydrogens is 264 g/mol. The van der Waals surface area contributed by atoms with Gasteiger partial charge in [-0.1, -0.05) is 17.7 Å². The summed E-state index contributed by atoms with van der Waals surface area (Å²) in [5.41, 5.74) is 5.02. The summed E-state index contributed by atoms with van der Waals surface area (Å²) in [6.07, 6.45) is 1.61. The van der Waals surface area contributed by atoms with Gasteiger partial charge in [-0.25, -0.2) is 0 Å². The van der Waals surface area contributed by atoms with E-state index in [1.165, 1.54) is 11.6 Å². The zero-order valence-electron chi connectivity index (χ0n) is 12.9. The first-order valence-electron chi connectivity index (χ1n) is 6.91. The summed E-state index contributed by atoms with van der Waals surface area (Å²) in [5, 5.41) is 2.57. The maximum atomic E-state index is 12.0. The van der Waals surface area contributed by atoms with Crippen LogP contribution in [0.2, 0.25) is 0 Å². The van der Waals surface area contributed by atoms with Gasteiger partial charge in [-0.15, -0.1) is 0 Å². The Hall–Kier alpha value is -2.36. The summed E-state index contributed by atoms with van der Waals surface area (Å²) in [6, 6.07) is 7.20. The van der Waals surface area contributed by atoms with Gasteiger partial charge in [0.15, 0.2) is 0 Å². The van der Waals surface area contributed by atoms with Gasteiger partial charge in [0.25, 0.3) is 11.5 Å². The van der Waals surface area contributed by atoms with Crippen molar-refractivity contribution in [3.05, 3.63) is 68.6 Å². The second kappa shape index (κ2) is 5.95. The van der Waals surface area contributed by atoms with Crippen LogP contribution in [0.15, 0.2) is 35.3 Å². The molecule has 4 nitrogen and oxygen atoms in total. The number of hydrogen-bond acceptors (Lipinski definition) is 2. The summed E-state index contributed by atoms with van der Waals surface area (Å²) in [6.45, 7) is 6.62. The van der Waals surface area contributed by atoms with E-state index in [1.807, 2.05) is 13.8 Å². The molecule has 1 amide bonds. The molecule has 0 fully saturated rings. The monoisotopic (exact) mass is 284 g/mol. The van der Waals surface area contributed by atoms with Crippen LogP contribution in [0.1, 0.15) is 32.6 Å². The van der Waals surface area contributed by atoms with Crippen molar-refractivity contribution in [2.75, 3.05) is 7.05 Å². The SMILES string of the molecule is CNC(=O)c1ccc(=O)n(Cc2c(C)cc(C)cc2C)c1. The zero-order valence-corrected chi connectivity index (χ0v) is 12.9. The molecule has 1 heterocycles. The number of aryl methyl sites for hydroxylation is 3. The lowest BCUT2D eigenvalue weighted by atomic mass is 10.00. The molecule has 0 radical (unpaired) electrons. The smallest absolute Gasteiger partial charge is 0.252 e. The number of rotatable bonds is 3. The van der Waals surface area contributed by atoms with Gasteiger partial charge in [-0.05, 0) is 43.5 Å². The fourth-order valence-electron chi connectivity index (χ4n) is 2.56. The highest BCUT2D eigenvalue weighted by Crippen LogP contribution is 2.17. The first-order chi connectivity index (χ1) is 9.92. The van der Waals surface area contributed by atoms with Gasteiger partial charge >= 0.3 is 0 Å². The number of amides is 1. The Morgan fingerprint density at radius 1 is 1.14 bits per heavy atom. The van der Waals surface area contributed by atoms with Gasteiger partial charge in [0, 0.05) is 19.3 Å². The van der Waals surface area contributed by atoms with E-state index in [-0.39, 0.29) is 11.5 Å². The van der Waals surface area contributed by atoms with Gasteiger partial charge in [0.05, 0.1) is 12.1 Å². The predicted molar refractivity (Wildman–Crippen MR) is 83.8 cm³/mol. The third-order valence-corrected chi connectivity index (χ3v) is 3.64. The second-order valence-corrected chi connectivity index (χ2v) is 5.34. The molecule has 0 atom stereocenters. The first kappa shape index (κ1) is 15.0. The Morgan fingerprint density at radius 2 is 1.76 bits per heavy atom. The third kappa shape index (κ3) is 3.21. The fourth-order valence-corrected chi connectivity index (χ4v) is 2.56. The zero-order chi connectivity index (χ0) is 15.6. The summed E-state index contributed by atoms with van der Waals surface area (Å²) >= 11 is 0. The minimum Gasteiger partial charge on any atom is -0.355 e. The summed E-state index contributed by atoms with van der Waals surface area (Å²) in [5.74, 6) is -0.193. The number of pyridine rings is 1. The molecule has 0 aliphatic heterocycles. The van der Waals surface area contributed by atoms with E-state index in [0.717, 1.165) is 16.7 Å². The first-order valence-corrected chi connectivity index (χ1v) is 6.91. The van der Waals surface area contributed by atoms with Gasteiger partial charge in [0.2, 0.25) is 0 Å². The average molecular weight is 284 g/mol. The molecular formula is C17H20N2O2. The Bertz CT molecular complexity index is 722. The van der Waals surface area contributed by atoms with E-state index in [0.29, 0.717) is 12.1 Å². The van der Waals surface area contributed by atoms with Crippen LogP contribution in [0.5, 0.6) is 0 Å². The van der Waals surface area contributed by atoms with Crippen molar-refractivity contribution in [1.82, 2.24) is 9.88 Å². The van der Waals surface area contributed by atoms with Crippen LogP contribution in [-0.4, -0.2) is 17.5 Å². The Morgan fingerprint density at radius 3 is 2.33 bits per heavy atom. The van der Waals surface area contributed by atoms with Crippen molar-refractivity contribution in [3.63, 3.8) is 0 Å². The largest absolute Gasteiger partial charge is 0.355 e. The summed E-state index contributed by atoms with van der Waals surface area (Å²) in [4.78, 5) is 23.7. The van der Waals surface area contributed by atoms with Gasteiger partial charge < -0.3 is 9.88 Å². The standard InChI is InChI=1S/C17H20N2O2/c1-11-7-12(2)15(13(3)8-11)10-19-9-14(17(21)18-4)5-6-16(19)20/h5-9H,10H2,1-4H3,(H,18,21). The van der Waals surface area contributed by atoms with Crippen molar-refractivity contribution >= 4 is 5.91 Å². The van der Waals surface area contributed by atoms with Crippen LogP contribution in [0.4, 0.5) is 0 Å². The van der Waals surface area contributed by atoms with Crippen LogP contribution in [0.25, 0.3) is 0 Å². The van der Waals surface area contributed by atoms with E-state index < -0.39 is 0 Å². The lowest BCUT2D eigenvalue weighted by Crippen LogP contribution is -2.25. The molecule has 0 bridgehead atoms. The van der Waals surface area contributed by atoms with E-state index in [1.54, 1.807) is 23.9 Å². The molecule has 0 saturated carbocycles. The van der Waals surface area contributed by atoms with Crippen molar-refractivity contribution in [3.8, 4) is 0 Å². The molecule has 2 aromatic rings. The molecule has 110 valence electrons. The van der Waals surface area contributed by atoms with Crippen LogP contribution in [0.3, 0.4) is 0 Å². The van der Waals surface area contributed by atoms with E-state index in [2.05, 4.69) is 24.4 Å². The average Bonchev–Trinajstić information content (AvgIpc) is 2.43. The number of nitrogens with zero attached hydrogens (tertiary/aromatic N) is 1. The second-order valence-electron chi connectivity index (χ2n) is 5.34. The molecule has 0 aliphatic carbocycles. The van der Waals surface area contributed by atoms with Crippen LogP contribution in [-0.2, 0) is 6.54 Å². The highest BCUT2D eigenvalue weighted by molar-refractivity contribution is 5.93. The quantitative estimate of drug-likeness (QED) is 0.939. The van der Waals surface area contributed by atoms with Gasteiger partial charge in [0.1, 0.15) is 0 Å². The van der Waals surface area contributed by atoms with Crippen molar-refractivity contribution in [2.45, 2.75) is 27.3 Å². The number of hydrogen-bond donors (Lipinski definition) is 1. The number of carbonyl (C=O) groups is 1. The fraction of sp³-hybridized carbons (Fsp3) is 0.294. The minimum absolute atomic E-state index is 0.109. The molecule has 1 N–H and O–H groups in total. The maximum Gasteiger partial charge on any atom is 0.252 e. The lowest BCUT2D eigenvalue weighted by Gasteiger charge is -2.13. The number of carbonyl (C=O) groups excluding carboxylic acids is 1. The lowest BCUT2D eigenvalue weighted by molar-refractivity contribution is 0.0962. The highest BCUT2D eigenvalue weighted by Gasteiger charge is 2.09. The Kier molecular flexibility index (Phi) is 4.26. The van der Waals surface area contributed by atoms with E-state index in [4.69, 9.17) is 0 Å². The summed E-state index contributed by atoms with van der Waals surface area (Å²) in [7, 11) is 1.58. The molecule has 0 unspecified atom stereocenters. The third-order valence-electron chi connectivity index (χ3n) is 3.64. The van der Waals surface area contributed by atoms with Crippen LogP contribution < -0.4 is 10.9 Å². The number of nitrogens with one attached hydrogen (secondary N) is 1. The van der Waals surface area contributed by atoms with Gasteiger partial charge in [-0.3, -0.25) is 9.59 Å². The van der Waals surface area contributed by atoms with Crippen molar-refractivity contribution < 1.29 is 4.79 Å². The molecule has 1 aromatic carbocycles. The molecule has 4 heteroatoms. The molecule has 0 saturated heterocycles. The molecule has 21 heavy (non-hydrogen) atoms. The molecule has 0 aliphatic rings. The number of aromatic nitrogens is 1. The van der Waals surface area contributed by atoms with Crippen LogP contribution in [0, 0.1) is 20.8 Å². The topological polar surface area (TPSA) is 51.1 Å². The molecule has 0 spiro atoms. The van der Waals surface area contributed by atoms with E-state index >= 15 is 0 Å². The minimum atomic E-state index is -0.193. The Balaban J connectivity index is 2.45. The molecule has 2 rings (SSSR count). The maximum absolute atomic E-state index is 12.0. The van der Waals surface area contributed by atoms with Gasteiger partial charge in [-0.2, -0.15) is 0 Å². The number of benzene rings is 1. The Labute approximate surface area is 124 Å². The van der Waals surface area contributed by atoms with Crippen molar-refractivity contribution in [1.29, 1.82) is 0 Å². The van der Waals surface area contributed by atoms with Crippen molar-refractivity contribution in [2.24, 2.45) is 0 Å². The van der Waals surface area contributed by atoms with Crippen LogP contribution >= 0.6 is 0 Å². The normalized spacial score (nSPS) is 10.5.